The molecule has 1 aliphatic rings. The smallest absolute Gasteiger partial charge is 0.121 e. The van der Waals surface area contributed by atoms with E-state index in [2.05, 4.69) is 23.1 Å². The van der Waals surface area contributed by atoms with Crippen LogP contribution in [0.2, 0.25) is 0 Å². The highest BCUT2D eigenvalue weighted by Gasteiger charge is 2.18. The van der Waals surface area contributed by atoms with E-state index in [4.69, 9.17) is 5.73 Å². The van der Waals surface area contributed by atoms with E-state index in [1.807, 2.05) is 26.0 Å². The zero-order valence-corrected chi connectivity index (χ0v) is 12.7. The fourth-order valence-electron chi connectivity index (χ4n) is 3.23. The molecule has 21 heavy (non-hydrogen) atoms. The standard InChI is InChI=1S/C18H22N2O/c1-12-8-14(9-13(2)18(12)21)10-20-7-6-16-15(11-20)4-3-5-17(16)19/h3-5,8-9,21H,6-7,10-11,19H2,1-2H3. The Labute approximate surface area is 126 Å². The summed E-state index contributed by atoms with van der Waals surface area (Å²) in [6, 6.07) is 10.4. The third-order valence-electron chi connectivity index (χ3n) is 4.34. The molecule has 3 rings (SSSR count). The molecule has 3 N–H and O–H groups in total. The first-order valence-electron chi connectivity index (χ1n) is 7.42. The molecule has 0 radical (unpaired) electrons. The molecular formula is C18H22N2O. The van der Waals surface area contributed by atoms with Crippen LogP contribution in [0.4, 0.5) is 5.69 Å². The first-order valence-corrected chi connectivity index (χ1v) is 7.42. The van der Waals surface area contributed by atoms with Crippen molar-refractivity contribution in [2.24, 2.45) is 0 Å². The van der Waals surface area contributed by atoms with Gasteiger partial charge in [0.2, 0.25) is 0 Å². The molecule has 0 unspecified atom stereocenters. The molecule has 3 heteroatoms. The lowest BCUT2D eigenvalue weighted by atomic mass is 9.97. The Bertz CT molecular complexity index is 656. The number of nitrogens with two attached hydrogens (primary N) is 1. The monoisotopic (exact) mass is 282 g/mol. The number of rotatable bonds is 2. The quantitative estimate of drug-likeness (QED) is 0.832. The van der Waals surface area contributed by atoms with E-state index in [1.54, 1.807) is 0 Å². The van der Waals surface area contributed by atoms with Gasteiger partial charge in [-0.25, -0.2) is 0 Å². The van der Waals surface area contributed by atoms with Crippen LogP contribution < -0.4 is 5.73 Å². The first-order chi connectivity index (χ1) is 10.0. The van der Waals surface area contributed by atoms with Crippen LogP contribution >= 0.6 is 0 Å². The van der Waals surface area contributed by atoms with Crippen LogP contribution in [0.5, 0.6) is 5.75 Å². The molecular weight excluding hydrogens is 260 g/mol. The Morgan fingerprint density at radius 1 is 1.19 bits per heavy atom. The SMILES string of the molecule is Cc1cc(CN2CCc3c(N)cccc3C2)cc(C)c1O. The van der Waals surface area contributed by atoms with Gasteiger partial charge >= 0.3 is 0 Å². The highest BCUT2D eigenvalue weighted by molar-refractivity contribution is 5.52. The lowest BCUT2D eigenvalue weighted by molar-refractivity contribution is 0.245. The van der Waals surface area contributed by atoms with Gasteiger partial charge in [-0.1, -0.05) is 24.3 Å². The minimum absolute atomic E-state index is 0.413. The highest BCUT2D eigenvalue weighted by Crippen LogP contribution is 2.27. The molecule has 0 aliphatic carbocycles. The summed E-state index contributed by atoms with van der Waals surface area (Å²) in [5.41, 5.74) is 12.8. The maximum absolute atomic E-state index is 9.87. The Kier molecular flexibility index (Phi) is 3.60. The van der Waals surface area contributed by atoms with Crippen LogP contribution in [0.1, 0.15) is 27.8 Å². The molecule has 0 amide bonds. The number of benzene rings is 2. The van der Waals surface area contributed by atoms with Crippen LogP contribution in [0.3, 0.4) is 0 Å². The predicted octanol–water partition coefficient (Wildman–Crippen LogP) is 3.15. The van der Waals surface area contributed by atoms with E-state index in [-0.39, 0.29) is 0 Å². The van der Waals surface area contributed by atoms with Gasteiger partial charge in [-0.2, -0.15) is 0 Å². The minimum Gasteiger partial charge on any atom is -0.507 e. The summed E-state index contributed by atoms with van der Waals surface area (Å²) in [7, 11) is 0. The fraction of sp³-hybridized carbons (Fsp3) is 0.333. The number of hydrogen-bond acceptors (Lipinski definition) is 3. The molecule has 0 aromatic heterocycles. The van der Waals surface area contributed by atoms with Crippen molar-refractivity contribution in [3.8, 4) is 5.75 Å². The van der Waals surface area contributed by atoms with Crippen LogP contribution in [-0.4, -0.2) is 16.6 Å². The Morgan fingerprint density at radius 2 is 1.90 bits per heavy atom. The van der Waals surface area contributed by atoms with Crippen molar-refractivity contribution in [3.05, 3.63) is 58.1 Å². The van der Waals surface area contributed by atoms with Gasteiger partial charge in [-0.15, -0.1) is 0 Å². The van der Waals surface area contributed by atoms with E-state index in [9.17, 15) is 5.11 Å². The number of aromatic hydroxyl groups is 1. The van der Waals surface area contributed by atoms with Gasteiger partial charge in [0.1, 0.15) is 5.75 Å². The third kappa shape index (κ3) is 2.74. The Morgan fingerprint density at radius 3 is 2.62 bits per heavy atom. The summed E-state index contributed by atoms with van der Waals surface area (Å²) in [6.07, 6.45) is 1.01. The predicted molar refractivity (Wildman–Crippen MR) is 86.3 cm³/mol. The topological polar surface area (TPSA) is 49.5 Å². The van der Waals surface area contributed by atoms with Gasteiger partial charge in [0.05, 0.1) is 0 Å². The average molecular weight is 282 g/mol. The average Bonchev–Trinajstić information content (AvgIpc) is 2.45. The van der Waals surface area contributed by atoms with E-state index in [0.717, 1.165) is 42.9 Å². The molecule has 110 valence electrons. The zero-order valence-electron chi connectivity index (χ0n) is 12.7. The molecule has 0 saturated heterocycles. The van der Waals surface area contributed by atoms with Crippen LogP contribution in [-0.2, 0) is 19.5 Å². The number of hydrogen-bond donors (Lipinski definition) is 2. The summed E-state index contributed by atoms with van der Waals surface area (Å²) in [4.78, 5) is 2.44. The number of nitrogens with zero attached hydrogens (tertiary/aromatic N) is 1. The molecule has 0 spiro atoms. The lowest BCUT2D eigenvalue weighted by Gasteiger charge is -2.29. The maximum Gasteiger partial charge on any atom is 0.121 e. The number of nitrogen functional groups attached to an aromatic ring is 1. The van der Waals surface area contributed by atoms with Gasteiger partial charge < -0.3 is 10.8 Å². The van der Waals surface area contributed by atoms with Crippen molar-refractivity contribution < 1.29 is 5.11 Å². The summed E-state index contributed by atoms with van der Waals surface area (Å²) >= 11 is 0. The van der Waals surface area contributed by atoms with Crippen molar-refractivity contribution in [1.29, 1.82) is 0 Å². The fourth-order valence-corrected chi connectivity index (χ4v) is 3.23. The highest BCUT2D eigenvalue weighted by atomic mass is 16.3. The number of anilines is 1. The summed E-state index contributed by atoms with van der Waals surface area (Å²) in [5, 5.41) is 9.87. The summed E-state index contributed by atoms with van der Waals surface area (Å²) in [6.45, 7) is 6.80. The zero-order chi connectivity index (χ0) is 15.0. The van der Waals surface area contributed by atoms with Crippen molar-refractivity contribution >= 4 is 5.69 Å². The van der Waals surface area contributed by atoms with Gasteiger partial charge in [0.15, 0.2) is 0 Å². The molecule has 1 aliphatic heterocycles. The molecule has 0 bridgehead atoms. The van der Waals surface area contributed by atoms with Crippen molar-refractivity contribution in [1.82, 2.24) is 4.90 Å². The lowest BCUT2D eigenvalue weighted by Crippen LogP contribution is -2.30. The van der Waals surface area contributed by atoms with E-state index < -0.39 is 0 Å². The summed E-state index contributed by atoms with van der Waals surface area (Å²) < 4.78 is 0. The molecule has 3 nitrogen and oxygen atoms in total. The molecule has 0 saturated carbocycles. The number of phenolic OH excluding ortho intramolecular Hbond substituents is 1. The van der Waals surface area contributed by atoms with Crippen LogP contribution in [0.25, 0.3) is 0 Å². The Balaban J connectivity index is 1.79. The number of phenols is 1. The third-order valence-corrected chi connectivity index (χ3v) is 4.34. The van der Waals surface area contributed by atoms with Gasteiger partial charge in [0.25, 0.3) is 0 Å². The van der Waals surface area contributed by atoms with E-state index in [1.165, 1.54) is 16.7 Å². The normalized spacial score (nSPS) is 15.0. The number of aryl methyl sites for hydroxylation is 2. The summed E-state index contributed by atoms with van der Waals surface area (Å²) in [5.74, 6) is 0.413. The maximum atomic E-state index is 9.87. The molecule has 0 fully saturated rings. The van der Waals surface area contributed by atoms with Crippen molar-refractivity contribution in [2.75, 3.05) is 12.3 Å². The van der Waals surface area contributed by atoms with E-state index in [0.29, 0.717) is 5.75 Å². The van der Waals surface area contributed by atoms with Crippen LogP contribution in [0, 0.1) is 13.8 Å². The van der Waals surface area contributed by atoms with Crippen LogP contribution in [0.15, 0.2) is 30.3 Å². The molecule has 1 heterocycles. The first kappa shape index (κ1) is 14.0. The number of fused-ring (bicyclic) bond motifs is 1. The second kappa shape index (κ2) is 5.41. The van der Waals surface area contributed by atoms with Gasteiger partial charge in [-0.05, 0) is 54.2 Å². The van der Waals surface area contributed by atoms with E-state index >= 15 is 0 Å². The molecule has 0 atom stereocenters. The Hall–Kier alpha value is -2.00. The van der Waals surface area contributed by atoms with Crippen molar-refractivity contribution in [3.63, 3.8) is 0 Å². The molecule has 2 aromatic carbocycles. The second-order valence-electron chi connectivity index (χ2n) is 6.02. The molecule has 2 aromatic rings. The van der Waals surface area contributed by atoms with Crippen molar-refractivity contribution in [2.45, 2.75) is 33.4 Å². The van der Waals surface area contributed by atoms with Gasteiger partial charge in [0, 0.05) is 25.3 Å². The second-order valence-corrected chi connectivity index (χ2v) is 6.02. The van der Waals surface area contributed by atoms with Gasteiger partial charge in [-0.3, -0.25) is 4.90 Å². The minimum atomic E-state index is 0.413. The largest absolute Gasteiger partial charge is 0.507 e.